The van der Waals surface area contributed by atoms with Gasteiger partial charge in [-0.1, -0.05) is 77.4 Å². The van der Waals surface area contributed by atoms with Crippen LogP contribution in [0, 0.1) is 23.7 Å². The second-order valence-electron chi connectivity index (χ2n) is 13.4. The number of pyridine rings is 2. The van der Waals surface area contributed by atoms with Crippen molar-refractivity contribution in [2.45, 2.75) is 52.4 Å². The first-order valence-corrected chi connectivity index (χ1v) is 15.6. The fraction of sp³-hybridized carbons (Fsp3) is 0.190. The molecule has 0 aliphatic heterocycles. The lowest BCUT2D eigenvalue weighted by molar-refractivity contribution is 0.445. The molecule has 0 atom stereocenters. The molecule has 238 valence electrons. The van der Waals surface area contributed by atoms with Crippen molar-refractivity contribution in [2.24, 2.45) is 9.98 Å². The average molecular weight is 631 g/mol. The van der Waals surface area contributed by atoms with Crippen molar-refractivity contribution in [3.05, 3.63) is 142 Å². The monoisotopic (exact) mass is 630 g/mol. The van der Waals surface area contributed by atoms with Crippen molar-refractivity contribution >= 4 is 23.8 Å². The zero-order chi connectivity index (χ0) is 34.3. The molecule has 48 heavy (non-hydrogen) atoms. The maximum Gasteiger partial charge on any atom is 0.128 e. The highest BCUT2D eigenvalue weighted by Gasteiger charge is 2.22. The van der Waals surface area contributed by atoms with Gasteiger partial charge in [0, 0.05) is 81.7 Å². The number of aliphatic imine (C=N–C) groups is 2. The van der Waals surface area contributed by atoms with Crippen LogP contribution in [0.5, 0.6) is 11.5 Å². The van der Waals surface area contributed by atoms with Gasteiger partial charge in [0.25, 0.3) is 0 Å². The molecule has 2 aromatic heterocycles. The van der Waals surface area contributed by atoms with Gasteiger partial charge in [-0.3, -0.25) is 20.0 Å². The molecule has 0 bridgehead atoms. The molecule has 5 rings (SSSR count). The van der Waals surface area contributed by atoms with Gasteiger partial charge < -0.3 is 10.2 Å². The normalized spacial score (nSPS) is 11.6. The fourth-order valence-electron chi connectivity index (χ4n) is 4.92. The molecule has 6 nitrogen and oxygen atoms in total. The minimum Gasteiger partial charge on any atom is -0.507 e. The quantitative estimate of drug-likeness (QED) is 0.153. The Morgan fingerprint density at radius 1 is 0.542 bits per heavy atom. The number of aromatic hydroxyl groups is 2. The summed E-state index contributed by atoms with van der Waals surface area (Å²) >= 11 is 0. The number of hydrogen-bond acceptors (Lipinski definition) is 6. The molecule has 5 aromatic rings. The van der Waals surface area contributed by atoms with E-state index in [2.05, 4.69) is 33.6 Å². The highest BCUT2D eigenvalue weighted by atomic mass is 16.3. The minimum absolute atomic E-state index is 0.156. The topological polar surface area (TPSA) is 91.0 Å². The van der Waals surface area contributed by atoms with Crippen LogP contribution < -0.4 is 0 Å². The highest BCUT2D eigenvalue weighted by molar-refractivity contribution is 5.91. The zero-order valence-corrected chi connectivity index (χ0v) is 28.1. The van der Waals surface area contributed by atoms with Crippen LogP contribution >= 0.6 is 0 Å². The third-order valence-electron chi connectivity index (χ3n) is 7.49. The zero-order valence-electron chi connectivity index (χ0n) is 28.1. The van der Waals surface area contributed by atoms with Gasteiger partial charge in [0.15, 0.2) is 0 Å². The van der Waals surface area contributed by atoms with E-state index < -0.39 is 0 Å². The third-order valence-corrected chi connectivity index (χ3v) is 7.49. The van der Waals surface area contributed by atoms with Crippen molar-refractivity contribution in [3.8, 4) is 35.2 Å². The number of aromatic nitrogens is 2. The lowest BCUT2D eigenvalue weighted by Crippen LogP contribution is -2.12. The van der Waals surface area contributed by atoms with E-state index in [1.54, 1.807) is 37.2 Å². The molecule has 6 heteroatoms. The van der Waals surface area contributed by atoms with Crippen molar-refractivity contribution in [1.82, 2.24) is 9.97 Å². The van der Waals surface area contributed by atoms with Crippen LogP contribution in [0.25, 0.3) is 0 Å². The molecule has 0 saturated heterocycles. The van der Waals surface area contributed by atoms with Crippen LogP contribution in [0.15, 0.2) is 108 Å². The summed E-state index contributed by atoms with van der Waals surface area (Å²) in [5, 5.41) is 22.6. The Kier molecular flexibility index (Phi) is 9.88. The number of phenolic OH excluding ortho intramolecular Hbond substituents is 2. The summed E-state index contributed by atoms with van der Waals surface area (Å²) in [7, 11) is 0. The maximum atomic E-state index is 11.3. The van der Waals surface area contributed by atoms with Gasteiger partial charge in [-0.25, -0.2) is 0 Å². The van der Waals surface area contributed by atoms with Gasteiger partial charge in [-0.05, 0) is 71.5 Å². The molecule has 0 spiro atoms. The van der Waals surface area contributed by atoms with E-state index in [9.17, 15) is 10.2 Å². The lowest BCUT2D eigenvalue weighted by Gasteiger charge is -2.22. The second-order valence-corrected chi connectivity index (χ2v) is 13.4. The van der Waals surface area contributed by atoms with Gasteiger partial charge >= 0.3 is 0 Å². The Balaban J connectivity index is 1.51. The number of para-hydroxylation sites is 2. The van der Waals surface area contributed by atoms with Crippen LogP contribution in [0.4, 0.5) is 11.4 Å². The van der Waals surface area contributed by atoms with E-state index >= 15 is 0 Å². The van der Waals surface area contributed by atoms with E-state index in [-0.39, 0.29) is 22.3 Å². The van der Waals surface area contributed by atoms with Crippen molar-refractivity contribution in [2.75, 3.05) is 0 Å². The highest BCUT2D eigenvalue weighted by Crippen LogP contribution is 2.36. The summed E-state index contributed by atoms with van der Waals surface area (Å²) in [6.07, 6.45) is 10.1. The molecule has 2 N–H and O–H groups in total. The van der Waals surface area contributed by atoms with E-state index in [1.807, 2.05) is 114 Å². The third kappa shape index (κ3) is 8.43. The summed E-state index contributed by atoms with van der Waals surface area (Å²) < 4.78 is 0. The van der Waals surface area contributed by atoms with E-state index in [1.165, 1.54) is 0 Å². The van der Waals surface area contributed by atoms with Gasteiger partial charge in [0.2, 0.25) is 0 Å². The van der Waals surface area contributed by atoms with Gasteiger partial charge in [0.05, 0.1) is 11.4 Å². The first-order chi connectivity index (χ1) is 22.9. The second kappa shape index (κ2) is 14.2. The number of rotatable bonds is 4. The van der Waals surface area contributed by atoms with Crippen LogP contribution in [-0.4, -0.2) is 32.6 Å². The Morgan fingerprint density at radius 2 is 0.938 bits per heavy atom. The number of hydrogen-bond donors (Lipinski definition) is 2. The van der Waals surface area contributed by atoms with Gasteiger partial charge in [-0.15, -0.1) is 0 Å². The number of benzene rings is 3. The molecule has 0 aliphatic rings. The summed E-state index contributed by atoms with van der Waals surface area (Å²) in [6.45, 7) is 12.3. The molecule has 0 unspecified atom stereocenters. The predicted octanol–water partition coefficient (Wildman–Crippen LogP) is 8.78. The summed E-state index contributed by atoms with van der Waals surface area (Å²) in [4.78, 5) is 17.8. The Labute approximate surface area is 283 Å². The van der Waals surface area contributed by atoms with Crippen LogP contribution in [0.1, 0.15) is 86.1 Å². The van der Waals surface area contributed by atoms with Crippen molar-refractivity contribution < 1.29 is 10.2 Å². The molecule has 0 fully saturated rings. The molecule has 3 aromatic carbocycles. The Bertz CT molecular complexity index is 1960. The average Bonchev–Trinajstić information content (AvgIpc) is 3.06. The Hall–Kier alpha value is -5.98. The number of phenols is 2. The SMILES string of the molecule is CC(C)(C)c1cc(C#Cc2cccnc2)cc(C=Nc2ccccc2N=Cc2cc(C#Cc3cccnc3)cc(C(C)(C)C)c2O)c1O. The van der Waals surface area contributed by atoms with Crippen molar-refractivity contribution in [1.29, 1.82) is 0 Å². The molecule has 2 heterocycles. The van der Waals surface area contributed by atoms with Gasteiger partial charge in [0.1, 0.15) is 11.5 Å². The fourth-order valence-corrected chi connectivity index (χ4v) is 4.92. The van der Waals surface area contributed by atoms with E-state index in [0.717, 1.165) is 33.4 Å². The first kappa shape index (κ1) is 33.4. The Morgan fingerprint density at radius 3 is 1.29 bits per heavy atom. The predicted molar refractivity (Wildman–Crippen MR) is 195 cm³/mol. The standard InChI is InChI=1S/C42H38N4O2/c1-41(2,3)35-23-31(17-15-29-11-9-19-43-25-29)21-33(39(35)47)27-45-37-13-7-8-14-38(37)46-28-34-22-32(18-16-30-12-10-20-44-26-30)24-36(40(34)48)42(4,5)6/h7-14,19-28,47-48H,1-6H3. The minimum atomic E-state index is -0.328. The molecular weight excluding hydrogens is 592 g/mol. The summed E-state index contributed by atoms with van der Waals surface area (Å²) in [6, 6.07) is 22.5. The smallest absolute Gasteiger partial charge is 0.128 e. The van der Waals surface area contributed by atoms with E-state index in [0.29, 0.717) is 22.5 Å². The van der Waals surface area contributed by atoms with Crippen molar-refractivity contribution in [3.63, 3.8) is 0 Å². The van der Waals surface area contributed by atoms with Gasteiger partial charge in [-0.2, -0.15) is 0 Å². The molecule has 0 aliphatic carbocycles. The molecule has 0 amide bonds. The maximum absolute atomic E-state index is 11.3. The van der Waals surface area contributed by atoms with Crippen LogP contribution in [0.3, 0.4) is 0 Å². The molecule has 0 radical (unpaired) electrons. The van der Waals surface area contributed by atoms with Crippen LogP contribution in [-0.2, 0) is 10.8 Å². The lowest BCUT2D eigenvalue weighted by atomic mass is 9.84. The largest absolute Gasteiger partial charge is 0.507 e. The van der Waals surface area contributed by atoms with Crippen LogP contribution in [0.2, 0.25) is 0 Å². The first-order valence-electron chi connectivity index (χ1n) is 15.6. The molecule has 0 saturated carbocycles. The summed E-state index contributed by atoms with van der Waals surface area (Å²) in [5.41, 5.74) is 6.28. The summed E-state index contributed by atoms with van der Waals surface area (Å²) in [5.74, 6) is 13.0. The molecular formula is C42H38N4O2. The number of nitrogens with zero attached hydrogens (tertiary/aromatic N) is 4. The van der Waals surface area contributed by atoms with E-state index in [4.69, 9.17) is 9.98 Å².